The first kappa shape index (κ1) is 22.9. The van der Waals surface area contributed by atoms with Gasteiger partial charge in [-0.2, -0.15) is 13.2 Å². The number of alkyl halides is 3. The highest BCUT2D eigenvalue weighted by molar-refractivity contribution is 5.76. The lowest BCUT2D eigenvalue weighted by molar-refractivity contribution is -0.206. The Morgan fingerprint density at radius 3 is 2.51 bits per heavy atom. The molecule has 0 aliphatic heterocycles. The Morgan fingerprint density at radius 1 is 1.00 bits per heavy atom. The van der Waals surface area contributed by atoms with Crippen molar-refractivity contribution >= 4 is 5.97 Å². The Bertz CT molecular complexity index is 1320. The van der Waals surface area contributed by atoms with Crippen molar-refractivity contribution in [2.24, 2.45) is 0 Å². The van der Waals surface area contributed by atoms with E-state index in [9.17, 15) is 18.0 Å². The van der Waals surface area contributed by atoms with Crippen LogP contribution in [0.4, 0.5) is 13.2 Å². The Balaban J connectivity index is 1.30. The number of hydrogen-bond donors (Lipinski definition) is 2. The summed E-state index contributed by atoms with van der Waals surface area (Å²) < 4.78 is 43.5. The Hall–Kier alpha value is -3.91. The summed E-state index contributed by atoms with van der Waals surface area (Å²) in [6, 6.07) is 22.6. The van der Waals surface area contributed by atoms with E-state index in [1.54, 1.807) is 24.5 Å². The molecule has 178 valence electrons. The molecular formula is C27H22F3N3O2. The molecule has 2 unspecified atom stereocenters. The first-order valence-corrected chi connectivity index (χ1v) is 11.2. The van der Waals surface area contributed by atoms with Crippen LogP contribution < -0.4 is 5.32 Å². The molecule has 1 aliphatic rings. The van der Waals surface area contributed by atoms with Crippen LogP contribution in [-0.2, 0) is 22.5 Å². The highest BCUT2D eigenvalue weighted by atomic mass is 19.4. The van der Waals surface area contributed by atoms with Crippen LogP contribution in [0.25, 0.3) is 22.5 Å². The molecule has 4 aromatic rings. The third-order valence-electron chi connectivity index (χ3n) is 6.12. The topological polar surface area (TPSA) is 67.0 Å². The van der Waals surface area contributed by atoms with Crippen LogP contribution in [0.3, 0.4) is 0 Å². The monoisotopic (exact) mass is 477 g/mol. The fraction of sp³-hybridized carbons (Fsp3) is 0.185. The van der Waals surface area contributed by atoms with E-state index in [-0.39, 0.29) is 0 Å². The Labute approximate surface area is 200 Å². The molecule has 2 N–H and O–H groups in total. The predicted molar refractivity (Wildman–Crippen MR) is 125 cm³/mol. The van der Waals surface area contributed by atoms with Gasteiger partial charge < -0.3 is 15.0 Å². The van der Waals surface area contributed by atoms with E-state index < -0.39 is 24.3 Å². The van der Waals surface area contributed by atoms with Crippen LogP contribution in [0.15, 0.2) is 85.2 Å². The molecule has 0 fully saturated rings. The Kier molecular flexibility index (Phi) is 6.13. The third-order valence-corrected chi connectivity index (χ3v) is 6.12. The van der Waals surface area contributed by atoms with Gasteiger partial charge in [0.25, 0.3) is 0 Å². The fourth-order valence-electron chi connectivity index (χ4n) is 4.42. The molecule has 1 heterocycles. The molecule has 5 nitrogen and oxygen atoms in total. The highest BCUT2D eigenvalue weighted by Gasteiger charge is 2.45. The number of H-pyrrole nitrogens is 1. The van der Waals surface area contributed by atoms with Crippen LogP contribution in [-0.4, -0.2) is 28.2 Å². The molecule has 2 atom stereocenters. The number of imidazole rings is 1. The van der Waals surface area contributed by atoms with Crippen LogP contribution in [0.5, 0.6) is 0 Å². The van der Waals surface area contributed by atoms with E-state index in [0.29, 0.717) is 18.5 Å². The number of halogens is 3. The second-order valence-corrected chi connectivity index (χ2v) is 8.43. The number of hydrogen-bond acceptors (Lipinski definition) is 4. The van der Waals surface area contributed by atoms with Crippen LogP contribution >= 0.6 is 0 Å². The average Bonchev–Trinajstić information content (AvgIpc) is 3.51. The minimum Gasteiger partial charge on any atom is -0.449 e. The molecule has 0 bridgehead atoms. The van der Waals surface area contributed by atoms with Crippen molar-refractivity contribution in [3.05, 3.63) is 102 Å². The SMILES string of the molecule is O=C(OC1c2ccccc2CC1NCc1cccc(-c2ccc(-c3ncc[nH]3)cc2)c1)C(F)(F)F. The number of aromatic amines is 1. The Morgan fingerprint density at radius 2 is 1.77 bits per heavy atom. The average molecular weight is 477 g/mol. The van der Waals surface area contributed by atoms with Crippen molar-refractivity contribution < 1.29 is 22.7 Å². The molecular weight excluding hydrogens is 455 g/mol. The summed E-state index contributed by atoms with van der Waals surface area (Å²) in [7, 11) is 0. The normalized spacial score (nSPS) is 17.2. The number of nitrogens with zero attached hydrogens (tertiary/aromatic N) is 1. The summed E-state index contributed by atoms with van der Waals surface area (Å²) in [6.07, 6.45) is -2.09. The van der Waals surface area contributed by atoms with Crippen LogP contribution in [0.2, 0.25) is 0 Å². The summed E-state index contributed by atoms with van der Waals surface area (Å²) in [5.41, 5.74) is 5.48. The lowest BCUT2D eigenvalue weighted by Gasteiger charge is -2.23. The fourth-order valence-corrected chi connectivity index (χ4v) is 4.42. The van der Waals surface area contributed by atoms with Crippen molar-refractivity contribution in [1.82, 2.24) is 15.3 Å². The number of esters is 1. The largest absolute Gasteiger partial charge is 0.490 e. The molecule has 0 saturated heterocycles. The van der Waals surface area contributed by atoms with Crippen LogP contribution in [0.1, 0.15) is 22.8 Å². The molecule has 5 rings (SSSR count). The lowest BCUT2D eigenvalue weighted by Crippen LogP contribution is -2.37. The van der Waals surface area contributed by atoms with Crippen molar-refractivity contribution in [3.8, 4) is 22.5 Å². The van der Waals surface area contributed by atoms with Gasteiger partial charge in [0.15, 0.2) is 0 Å². The van der Waals surface area contributed by atoms with Crippen molar-refractivity contribution in [2.75, 3.05) is 0 Å². The van der Waals surface area contributed by atoms with Gasteiger partial charge in [-0.3, -0.25) is 0 Å². The first-order chi connectivity index (χ1) is 16.9. The maximum absolute atomic E-state index is 12.9. The predicted octanol–water partition coefficient (Wildman–Crippen LogP) is 5.60. The molecule has 3 aromatic carbocycles. The maximum atomic E-state index is 12.9. The molecule has 1 aromatic heterocycles. The van der Waals surface area contributed by atoms with Crippen molar-refractivity contribution in [2.45, 2.75) is 31.3 Å². The van der Waals surface area contributed by atoms with E-state index in [1.807, 2.05) is 60.7 Å². The number of nitrogens with one attached hydrogen (secondary N) is 2. The van der Waals surface area contributed by atoms with Gasteiger partial charge in [-0.15, -0.1) is 0 Å². The minimum absolute atomic E-state index is 0.414. The molecule has 0 spiro atoms. The number of fused-ring (bicyclic) bond motifs is 1. The van der Waals surface area contributed by atoms with Gasteiger partial charge in [0.2, 0.25) is 0 Å². The van der Waals surface area contributed by atoms with Gasteiger partial charge >= 0.3 is 12.1 Å². The van der Waals surface area contributed by atoms with Gasteiger partial charge in [0, 0.05) is 24.5 Å². The zero-order chi connectivity index (χ0) is 24.4. The summed E-state index contributed by atoms with van der Waals surface area (Å²) in [6.45, 7) is 0.414. The van der Waals surface area contributed by atoms with E-state index in [2.05, 4.69) is 15.3 Å². The zero-order valence-electron chi connectivity index (χ0n) is 18.5. The number of carbonyl (C=O) groups is 1. The molecule has 8 heteroatoms. The molecule has 35 heavy (non-hydrogen) atoms. The molecule has 0 amide bonds. The first-order valence-electron chi connectivity index (χ1n) is 11.2. The molecule has 0 radical (unpaired) electrons. The van der Waals surface area contributed by atoms with Gasteiger partial charge in [0.05, 0.1) is 6.04 Å². The minimum atomic E-state index is -5.04. The summed E-state index contributed by atoms with van der Waals surface area (Å²) >= 11 is 0. The zero-order valence-corrected chi connectivity index (χ0v) is 18.5. The van der Waals surface area contributed by atoms with E-state index in [4.69, 9.17) is 4.74 Å². The van der Waals surface area contributed by atoms with E-state index >= 15 is 0 Å². The van der Waals surface area contributed by atoms with E-state index in [0.717, 1.165) is 33.6 Å². The summed E-state index contributed by atoms with van der Waals surface area (Å²) in [4.78, 5) is 18.9. The quantitative estimate of drug-likeness (QED) is 0.355. The second-order valence-electron chi connectivity index (χ2n) is 8.43. The third kappa shape index (κ3) is 4.97. The van der Waals surface area contributed by atoms with Gasteiger partial charge in [-0.25, -0.2) is 9.78 Å². The van der Waals surface area contributed by atoms with E-state index in [1.165, 1.54) is 0 Å². The summed E-state index contributed by atoms with van der Waals surface area (Å²) in [5, 5.41) is 3.30. The van der Waals surface area contributed by atoms with Gasteiger partial charge in [0.1, 0.15) is 11.9 Å². The molecule has 0 saturated carbocycles. The second kappa shape index (κ2) is 9.38. The number of aromatic nitrogens is 2. The van der Waals surface area contributed by atoms with Gasteiger partial charge in [-0.1, -0.05) is 66.7 Å². The number of rotatable bonds is 6. The van der Waals surface area contributed by atoms with Crippen LogP contribution in [0, 0.1) is 0 Å². The smallest absolute Gasteiger partial charge is 0.449 e. The van der Waals surface area contributed by atoms with Crippen molar-refractivity contribution in [1.29, 1.82) is 0 Å². The highest BCUT2D eigenvalue weighted by Crippen LogP contribution is 2.36. The molecule has 1 aliphatic carbocycles. The van der Waals surface area contributed by atoms with Crippen molar-refractivity contribution in [3.63, 3.8) is 0 Å². The number of ether oxygens (including phenoxy) is 1. The lowest BCUT2D eigenvalue weighted by atomic mass is 10.0. The maximum Gasteiger partial charge on any atom is 0.490 e. The standard InChI is InChI=1S/C27H22F3N3O2/c28-27(29,30)26(34)35-24-22-7-2-1-5-21(22)15-23(24)33-16-17-4-3-6-20(14-17)18-8-10-19(11-9-18)25-31-12-13-32-25/h1-14,23-24,33H,15-16H2,(H,31,32). The number of carbonyl (C=O) groups excluding carboxylic acids is 1. The summed E-state index contributed by atoms with van der Waals surface area (Å²) in [5.74, 6) is -1.38. The number of benzene rings is 3. The van der Waals surface area contributed by atoms with Gasteiger partial charge in [-0.05, 0) is 40.3 Å².